The fourth-order valence-electron chi connectivity index (χ4n) is 2.71. The summed E-state index contributed by atoms with van der Waals surface area (Å²) in [5.74, 6) is 0.142. The van der Waals surface area contributed by atoms with Crippen molar-refractivity contribution in [2.24, 2.45) is 0 Å². The van der Waals surface area contributed by atoms with Crippen molar-refractivity contribution in [1.82, 2.24) is 25.1 Å². The lowest BCUT2D eigenvalue weighted by Gasteiger charge is -2.06. The zero-order valence-corrected chi connectivity index (χ0v) is 15.3. The highest BCUT2D eigenvalue weighted by atomic mass is 19.1. The van der Waals surface area contributed by atoms with Crippen molar-refractivity contribution in [2.45, 2.75) is 13.5 Å². The second kappa shape index (κ2) is 7.56. The normalized spacial score (nSPS) is 13.4. The van der Waals surface area contributed by atoms with E-state index in [1.807, 2.05) is 25.2 Å². The van der Waals surface area contributed by atoms with E-state index in [1.165, 1.54) is 17.9 Å². The minimum atomic E-state index is -0.426. The first kappa shape index (κ1) is 17.8. The summed E-state index contributed by atoms with van der Waals surface area (Å²) < 4.78 is 26.2. The first-order valence-corrected chi connectivity index (χ1v) is 8.52. The van der Waals surface area contributed by atoms with Gasteiger partial charge in [0.05, 0.1) is 6.61 Å². The molecule has 1 aliphatic rings. The highest BCUT2D eigenvalue weighted by Crippen LogP contribution is 2.25. The molecule has 0 spiro atoms. The summed E-state index contributed by atoms with van der Waals surface area (Å²) in [6, 6.07) is 6.28. The molecule has 0 radical (unpaired) electrons. The lowest BCUT2D eigenvalue weighted by molar-refractivity contribution is 0.179. The van der Waals surface area contributed by atoms with Crippen LogP contribution in [-0.4, -0.2) is 32.2 Å². The van der Waals surface area contributed by atoms with Crippen LogP contribution in [0.25, 0.3) is 22.8 Å². The number of ether oxygens (including phenoxy) is 1. The zero-order valence-electron chi connectivity index (χ0n) is 15.3. The van der Waals surface area contributed by atoms with Crippen molar-refractivity contribution in [3.05, 3.63) is 77.2 Å². The van der Waals surface area contributed by atoms with Crippen molar-refractivity contribution in [3.63, 3.8) is 0 Å². The Morgan fingerprint density at radius 3 is 2.96 bits per heavy atom. The van der Waals surface area contributed by atoms with Gasteiger partial charge in [-0.25, -0.2) is 9.07 Å². The minimum absolute atomic E-state index is 0.141. The van der Waals surface area contributed by atoms with Crippen LogP contribution in [0.5, 0.6) is 0 Å². The van der Waals surface area contributed by atoms with Gasteiger partial charge < -0.3 is 9.26 Å². The number of aromatic nitrogens is 5. The van der Waals surface area contributed by atoms with Crippen LogP contribution in [0, 0.1) is 5.82 Å². The molecule has 0 N–H and O–H groups in total. The predicted octanol–water partition coefficient (Wildman–Crippen LogP) is 3.66. The Bertz CT molecular complexity index is 1150. The van der Waals surface area contributed by atoms with Crippen molar-refractivity contribution in [1.29, 1.82) is 0 Å². The summed E-state index contributed by atoms with van der Waals surface area (Å²) in [5.41, 5.74) is 5.96. The molecule has 3 aromatic rings. The van der Waals surface area contributed by atoms with E-state index in [0.29, 0.717) is 17.2 Å². The third-order valence-electron chi connectivity index (χ3n) is 4.09. The summed E-state index contributed by atoms with van der Waals surface area (Å²) in [6.45, 7) is 2.09. The van der Waals surface area contributed by atoms with Crippen molar-refractivity contribution in [2.75, 3.05) is 7.11 Å². The van der Waals surface area contributed by atoms with E-state index in [-0.39, 0.29) is 18.2 Å². The van der Waals surface area contributed by atoms with Crippen LogP contribution in [0.4, 0.5) is 4.39 Å². The molecule has 4 rings (SSSR count). The van der Waals surface area contributed by atoms with Gasteiger partial charge in [0.25, 0.3) is 5.89 Å². The molecular formula is C20H16FN5O2. The van der Waals surface area contributed by atoms with Crippen LogP contribution in [0.1, 0.15) is 18.4 Å². The number of allylic oxidation sites excluding steroid dienone is 5. The maximum Gasteiger partial charge on any atom is 0.280 e. The van der Waals surface area contributed by atoms with E-state index in [2.05, 4.69) is 26.2 Å². The quantitative estimate of drug-likeness (QED) is 0.632. The van der Waals surface area contributed by atoms with E-state index in [0.717, 1.165) is 11.1 Å². The topological polar surface area (TPSA) is 78.9 Å². The van der Waals surface area contributed by atoms with E-state index < -0.39 is 5.82 Å². The third kappa shape index (κ3) is 3.34. The average Bonchev–Trinajstić information content (AvgIpc) is 3.27. The number of para-hydroxylation sites is 1. The molecule has 0 atom stereocenters. The first-order chi connectivity index (χ1) is 13.7. The Kier molecular flexibility index (Phi) is 4.80. The van der Waals surface area contributed by atoms with Crippen molar-refractivity contribution in [3.8, 4) is 17.3 Å². The third-order valence-corrected chi connectivity index (χ3v) is 4.09. The van der Waals surface area contributed by atoms with Crippen LogP contribution in [0.15, 0.2) is 64.4 Å². The first-order valence-electron chi connectivity index (χ1n) is 8.52. The van der Waals surface area contributed by atoms with Gasteiger partial charge in [0.15, 0.2) is 5.69 Å². The molecule has 8 heteroatoms. The minimum Gasteiger partial charge on any atom is -0.378 e. The zero-order chi connectivity index (χ0) is 19.5. The molecule has 0 fully saturated rings. The second-order valence-corrected chi connectivity index (χ2v) is 6.06. The second-order valence-electron chi connectivity index (χ2n) is 6.06. The predicted molar refractivity (Wildman–Crippen MR) is 99.7 cm³/mol. The standard InChI is InChI=1S/C20H16FN5O2/c1-13-6-5-7-14(11-10-13)19-22-20(28-24-19)18-17(12-27-2)26(25-23-18)16-9-4-3-8-15(16)21/h3-9,11H,12H2,1-2H3. The Labute approximate surface area is 160 Å². The Morgan fingerprint density at radius 2 is 2.14 bits per heavy atom. The van der Waals surface area contributed by atoms with E-state index in [4.69, 9.17) is 9.26 Å². The molecule has 2 heterocycles. The van der Waals surface area contributed by atoms with E-state index in [1.54, 1.807) is 24.3 Å². The van der Waals surface area contributed by atoms with Gasteiger partial charge in [-0.1, -0.05) is 40.7 Å². The van der Waals surface area contributed by atoms with E-state index in [9.17, 15) is 4.39 Å². The Hall–Kier alpha value is -3.61. The van der Waals surface area contributed by atoms with Gasteiger partial charge in [0.1, 0.15) is 17.2 Å². The monoisotopic (exact) mass is 377 g/mol. The molecule has 0 saturated heterocycles. The Morgan fingerprint density at radius 1 is 1.29 bits per heavy atom. The van der Waals surface area contributed by atoms with Crippen LogP contribution in [-0.2, 0) is 11.3 Å². The van der Waals surface area contributed by atoms with Gasteiger partial charge >= 0.3 is 0 Å². The maximum atomic E-state index is 14.2. The molecule has 140 valence electrons. The van der Waals surface area contributed by atoms with Gasteiger partial charge in [0, 0.05) is 12.7 Å². The van der Waals surface area contributed by atoms with Crippen molar-refractivity contribution >= 4 is 5.57 Å². The molecule has 0 saturated carbocycles. The number of hydrogen-bond acceptors (Lipinski definition) is 6. The Balaban J connectivity index is 1.76. The van der Waals surface area contributed by atoms with Gasteiger partial charge in [0.2, 0.25) is 5.82 Å². The number of methoxy groups -OCH3 is 1. The highest BCUT2D eigenvalue weighted by Gasteiger charge is 2.23. The lowest BCUT2D eigenvalue weighted by atomic mass is 10.2. The number of benzene rings is 1. The van der Waals surface area contributed by atoms with Gasteiger partial charge in [-0.2, -0.15) is 4.98 Å². The van der Waals surface area contributed by atoms with Gasteiger partial charge in [-0.15, -0.1) is 10.8 Å². The number of nitrogens with zero attached hydrogens (tertiary/aromatic N) is 5. The average molecular weight is 377 g/mol. The molecular weight excluding hydrogens is 361 g/mol. The summed E-state index contributed by atoms with van der Waals surface area (Å²) >= 11 is 0. The number of rotatable bonds is 5. The summed E-state index contributed by atoms with van der Waals surface area (Å²) in [7, 11) is 1.53. The fourth-order valence-corrected chi connectivity index (χ4v) is 2.71. The number of hydrogen-bond donors (Lipinski definition) is 0. The highest BCUT2D eigenvalue weighted by molar-refractivity contribution is 5.72. The molecule has 2 aromatic heterocycles. The summed E-state index contributed by atoms with van der Waals surface area (Å²) in [6.07, 6.45) is 7.48. The maximum absolute atomic E-state index is 14.2. The van der Waals surface area contributed by atoms with Crippen LogP contribution in [0.3, 0.4) is 0 Å². The molecule has 0 unspecified atom stereocenters. The van der Waals surface area contributed by atoms with Crippen molar-refractivity contribution < 1.29 is 13.7 Å². The van der Waals surface area contributed by atoms with Crippen LogP contribution < -0.4 is 0 Å². The lowest BCUT2D eigenvalue weighted by Crippen LogP contribution is -2.06. The smallest absolute Gasteiger partial charge is 0.280 e. The fraction of sp³-hybridized carbons (Fsp3) is 0.150. The SMILES string of the molecule is COCc1c(-c2nc(C3=CC=CC(C)=C=C3)no2)nnn1-c1ccccc1F. The van der Waals surface area contributed by atoms with E-state index >= 15 is 0 Å². The number of halogens is 1. The molecule has 0 bridgehead atoms. The molecule has 28 heavy (non-hydrogen) atoms. The largest absolute Gasteiger partial charge is 0.378 e. The van der Waals surface area contributed by atoms with Crippen LogP contribution in [0.2, 0.25) is 0 Å². The molecule has 7 nitrogen and oxygen atoms in total. The molecule has 0 amide bonds. The van der Waals surface area contributed by atoms with Gasteiger partial charge in [-0.05, 0) is 30.7 Å². The molecule has 1 aromatic carbocycles. The molecule has 0 aliphatic heterocycles. The van der Waals surface area contributed by atoms with Crippen LogP contribution >= 0.6 is 0 Å². The summed E-state index contributed by atoms with van der Waals surface area (Å²) in [5, 5.41) is 12.2. The van der Waals surface area contributed by atoms with Gasteiger partial charge in [-0.3, -0.25) is 0 Å². The summed E-state index contributed by atoms with van der Waals surface area (Å²) in [4.78, 5) is 4.42. The molecule has 1 aliphatic carbocycles.